The van der Waals surface area contributed by atoms with Crippen LogP contribution in [-0.2, 0) is 15.6 Å². The highest BCUT2D eigenvalue weighted by molar-refractivity contribution is 5.88. The molecular formula is C24H32O2. The Balaban J connectivity index is 2.26. The van der Waals surface area contributed by atoms with Gasteiger partial charge in [-0.05, 0) is 22.3 Å². The fraction of sp³-hybridized carbons (Fsp3) is 0.542. The normalized spacial score (nSPS) is 28.2. The first-order valence-electron chi connectivity index (χ1n) is 9.62. The van der Waals surface area contributed by atoms with E-state index in [2.05, 4.69) is 91.8 Å². The van der Waals surface area contributed by atoms with Crippen LogP contribution in [0.15, 0.2) is 36.4 Å². The molecule has 3 atom stereocenters. The predicted molar refractivity (Wildman–Crippen MR) is 108 cm³/mol. The number of esters is 1. The maximum Gasteiger partial charge on any atom is 0.319 e. The largest absolute Gasteiger partial charge is 0.425 e. The Labute approximate surface area is 158 Å². The molecule has 140 valence electrons. The van der Waals surface area contributed by atoms with Gasteiger partial charge in [0.05, 0.1) is 5.92 Å². The zero-order valence-corrected chi connectivity index (χ0v) is 17.4. The van der Waals surface area contributed by atoms with Crippen molar-refractivity contribution >= 4 is 5.97 Å². The van der Waals surface area contributed by atoms with E-state index >= 15 is 0 Å². The molecule has 3 rings (SSSR count). The second kappa shape index (κ2) is 5.84. The zero-order chi connectivity index (χ0) is 19.5. The van der Waals surface area contributed by atoms with E-state index in [1.807, 2.05) is 0 Å². The van der Waals surface area contributed by atoms with Gasteiger partial charge < -0.3 is 4.74 Å². The molecule has 26 heavy (non-hydrogen) atoms. The molecule has 2 heteroatoms. The van der Waals surface area contributed by atoms with Crippen molar-refractivity contribution < 1.29 is 9.53 Å². The molecule has 1 aliphatic carbocycles. The van der Waals surface area contributed by atoms with Gasteiger partial charge in [-0.25, -0.2) is 0 Å². The number of carbonyl (C=O) groups excluding carboxylic acids is 1. The van der Waals surface area contributed by atoms with E-state index < -0.39 is 0 Å². The van der Waals surface area contributed by atoms with Crippen LogP contribution in [-0.4, -0.2) is 5.97 Å². The van der Waals surface area contributed by atoms with Crippen molar-refractivity contribution in [3.8, 4) is 5.75 Å². The quantitative estimate of drug-likeness (QED) is 0.454. The number of hydrogen-bond acceptors (Lipinski definition) is 2. The number of benzene rings is 1. The minimum Gasteiger partial charge on any atom is -0.425 e. The molecule has 1 aliphatic heterocycles. The average molecular weight is 353 g/mol. The molecule has 0 fully saturated rings. The standard InChI is InChI=1S/C24H32O2/c1-15-11-9-10-12-24(15,8)19-17-13-16(22(2,3)4)14-18(23(5,6)7)20(17)26-21(19)25/h9-15,19H,1-8H3. The van der Waals surface area contributed by atoms with Crippen LogP contribution in [0.25, 0.3) is 0 Å². The van der Waals surface area contributed by atoms with Crippen molar-refractivity contribution in [3.63, 3.8) is 0 Å². The van der Waals surface area contributed by atoms with Gasteiger partial charge in [0.15, 0.2) is 0 Å². The van der Waals surface area contributed by atoms with Crippen molar-refractivity contribution in [3.05, 3.63) is 53.1 Å². The number of hydrogen-bond donors (Lipinski definition) is 0. The summed E-state index contributed by atoms with van der Waals surface area (Å²) >= 11 is 0. The van der Waals surface area contributed by atoms with Crippen molar-refractivity contribution in [2.75, 3.05) is 0 Å². The maximum atomic E-state index is 13.0. The Hall–Kier alpha value is -1.83. The van der Waals surface area contributed by atoms with Gasteiger partial charge in [0.25, 0.3) is 0 Å². The van der Waals surface area contributed by atoms with Gasteiger partial charge in [0.2, 0.25) is 0 Å². The van der Waals surface area contributed by atoms with Crippen molar-refractivity contribution in [1.82, 2.24) is 0 Å². The monoisotopic (exact) mass is 352 g/mol. The van der Waals surface area contributed by atoms with Crippen LogP contribution in [0.3, 0.4) is 0 Å². The lowest BCUT2D eigenvalue weighted by molar-refractivity contribution is -0.136. The Morgan fingerprint density at radius 1 is 1.00 bits per heavy atom. The summed E-state index contributed by atoms with van der Waals surface area (Å²) in [5.41, 5.74) is 3.10. The predicted octanol–water partition coefficient (Wildman–Crippen LogP) is 6.05. The third-order valence-electron chi connectivity index (χ3n) is 6.11. The lowest BCUT2D eigenvalue weighted by atomic mass is 9.64. The SMILES string of the molecule is CC1C=CC=CC1(C)C1C(=O)Oc2c1cc(C(C)(C)C)cc2C(C)(C)C. The van der Waals surface area contributed by atoms with Gasteiger partial charge in [-0.1, -0.05) is 91.8 Å². The van der Waals surface area contributed by atoms with E-state index in [9.17, 15) is 4.79 Å². The molecular weight excluding hydrogens is 320 g/mol. The molecule has 0 amide bonds. The summed E-state index contributed by atoms with van der Waals surface area (Å²) < 4.78 is 5.91. The maximum absolute atomic E-state index is 13.0. The molecule has 0 aromatic heterocycles. The van der Waals surface area contributed by atoms with E-state index in [0.717, 1.165) is 16.9 Å². The molecule has 1 aromatic rings. The molecule has 2 nitrogen and oxygen atoms in total. The molecule has 2 aliphatic rings. The van der Waals surface area contributed by atoms with Crippen LogP contribution in [0.2, 0.25) is 0 Å². The third kappa shape index (κ3) is 2.94. The molecule has 0 radical (unpaired) electrons. The number of ether oxygens (including phenoxy) is 1. The van der Waals surface area contributed by atoms with E-state index in [1.165, 1.54) is 5.56 Å². The minimum absolute atomic E-state index is 0.0139. The Morgan fingerprint density at radius 2 is 1.65 bits per heavy atom. The molecule has 0 saturated carbocycles. The smallest absolute Gasteiger partial charge is 0.319 e. The summed E-state index contributed by atoms with van der Waals surface area (Å²) in [6.45, 7) is 17.6. The van der Waals surface area contributed by atoms with Gasteiger partial charge in [-0.15, -0.1) is 0 Å². The van der Waals surface area contributed by atoms with Crippen LogP contribution >= 0.6 is 0 Å². The Morgan fingerprint density at radius 3 is 2.19 bits per heavy atom. The molecule has 1 aromatic carbocycles. The lowest BCUT2D eigenvalue weighted by Gasteiger charge is -2.37. The van der Waals surface area contributed by atoms with Crippen LogP contribution < -0.4 is 4.74 Å². The highest BCUT2D eigenvalue weighted by Gasteiger charge is 2.49. The van der Waals surface area contributed by atoms with Crippen LogP contribution in [0.1, 0.15) is 78.0 Å². The summed E-state index contributed by atoms with van der Waals surface area (Å²) in [5.74, 6) is 0.673. The lowest BCUT2D eigenvalue weighted by Crippen LogP contribution is -2.34. The second-order valence-electron chi connectivity index (χ2n) is 10.2. The fourth-order valence-electron chi connectivity index (χ4n) is 4.06. The molecule has 1 heterocycles. The zero-order valence-electron chi connectivity index (χ0n) is 17.4. The van der Waals surface area contributed by atoms with Gasteiger partial charge in [-0.2, -0.15) is 0 Å². The van der Waals surface area contributed by atoms with Gasteiger partial charge in [0.1, 0.15) is 5.75 Å². The summed E-state index contributed by atoms with van der Waals surface area (Å²) in [6, 6.07) is 4.45. The number of rotatable bonds is 1. The summed E-state index contributed by atoms with van der Waals surface area (Å²) in [6.07, 6.45) is 8.49. The van der Waals surface area contributed by atoms with E-state index in [-0.39, 0.29) is 34.1 Å². The highest BCUT2D eigenvalue weighted by Crippen LogP contribution is 2.54. The van der Waals surface area contributed by atoms with Crippen LogP contribution in [0.4, 0.5) is 0 Å². The number of carbonyl (C=O) groups is 1. The van der Waals surface area contributed by atoms with Crippen molar-refractivity contribution in [1.29, 1.82) is 0 Å². The fourth-order valence-corrected chi connectivity index (χ4v) is 4.06. The Kier molecular flexibility index (Phi) is 4.25. The van der Waals surface area contributed by atoms with E-state index in [0.29, 0.717) is 0 Å². The summed E-state index contributed by atoms with van der Waals surface area (Å²) in [5, 5.41) is 0. The molecule has 0 bridgehead atoms. The summed E-state index contributed by atoms with van der Waals surface area (Å²) in [7, 11) is 0. The Bertz CT molecular complexity index is 799. The van der Waals surface area contributed by atoms with Gasteiger partial charge in [-0.3, -0.25) is 4.79 Å². The third-order valence-corrected chi connectivity index (χ3v) is 6.11. The van der Waals surface area contributed by atoms with Crippen LogP contribution in [0, 0.1) is 11.3 Å². The number of allylic oxidation sites excluding steroid dienone is 4. The highest BCUT2D eigenvalue weighted by atomic mass is 16.5. The topological polar surface area (TPSA) is 26.3 Å². The van der Waals surface area contributed by atoms with Gasteiger partial charge >= 0.3 is 5.97 Å². The molecule has 0 N–H and O–H groups in total. The second-order valence-corrected chi connectivity index (χ2v) is 10.2. The minimum atomic E-state index is -0.275. The number of fused-ring (bicyclic) bond motifs is 1. The van der Waals surface area contributed by atoms with E-state index in [4.69, 9.17) is 4.74 Å². The summed E-state index contributed by atoms with van der Waals surface area (Å²) in [4.78, 5) is 13.0. The molecule has 3 unspecified atom stereocenters. The average Bonchev–Trinajstić information content (AvgIpc) is 2.83. The van der Waals surface area contributed by atoms with Crippen molar-refractivity contribution in [2.24, 2.45) is 11.3 Å². The first-order chi connectivity index (χ1) is 11.9. The molecule has 0 saturated heterocycles. The first-order valence-corrected chi connectivity index (χ1v) is 9.62. The van der Waals surface area contributed by atoms with Crippen LogP contribution in [0.5, 0.6) is 5.75 Å². The first kappa shape index (κ1) is 18.9. The molecule has 0 spiro atoms. The van der Waals surface area contributed by atoms with Crippen molar-refractivity contribution in [2.45, 2.75) is 72.1 Å². The van der Waals surface area contributed by atoms with E-state index in [1.54, 1.807) is 0 Å². The van der Waals surface area contributed by atoms with Gasteiger partial charge in [0, 0.05) is 16.5 Å².